The number of pyridine rings is 1. The summed E-state index contributed by atoms with van der Waals surface area (Å²) in [4.78, 5) is 34.6. The predicted octanol–water partition coefficient (Wildman–Crippen LogP) is 7.79. The molecule has 0 saturated heterocycles. The zero-order valence-corrected chi connectivity index (χ0v) is 29.8. The SMILES string of the molecule is COc1cccc(CN(Cc2cccc(OC)c2)C(=O)OCc2cncc(COC(=O)N(Cc3cccc(OC)c3)Cc3cccc(OC)c3)c2)c1. The van der Waals surface area contributed by atoms with Crippen LogP contribution in [0.25, 0.3) is 0 Å². The van der Waals surface area contributed by atoms with Crippen molar-refractivity contribution >= 4 is 12.2 Å². The molecule has 0 N–H and O–H groups in total. The van der Waals surface area contributed by atoms with Gasteiger partial charge in [-0.3, -0.25) is 14.8 Å². The van der Waals surface area contributed by atoms with Gasteiger partial charge in [0, 0.05) is 49.7 Å². The normalized spacial score (nSPS) is 10.5. The van der Waals surface area contributed by atoms with E-state index < -0.39 is 12.2 Å². The van der Waals surface area contributed by atoms with Gasteiger partial charge in [-0.1, -0.05) is 48.5 Å². The van der Waals surface area contributed by atoms with Crippen molar-refractivity contribution in [3.63, 3.8) is 0 Å². The lowest BCUT2D eigenvalue weighted by molar-refractivity contribution is 0.0898. The molecule has 270 valence electrons. The van der Waals surface area contributed by atoms with E-state index in [0.717, 1.165) is 22.3 Å². The molecular weight excluding hydrogens is 662 g/mol. The Bertz CT molecular complexity index is 1700. The molecular formula is C41H43N3O8. The minimum absolute atomic E-state index is 0.0296. The molecule has 0 fully saturated rings. The Hall–Kier alpha value is -6.23. The summed E-state index contributed by atoms with van der Waals surface area (Å²) < 4.78 is 33.1. The van der Waals surface area contributed by atoms with Gasteiger partial charge >= 0.3 is 12.2 Å². The molecule has 0 unspecified atom stereocenters. The van der Waals surface area contributed by atoms with Crippen LogP contribution in [0.5, 0.6) is 23.0 Å². The molecule has 2 amide bonds. The first-order chi connectivity index (χ1) is 25.3. The van der Waals surface area contributed by atoms with E-state index in [0.29, 0.717) is 60.3 Å². The minimum Gasteiger partial charge on any atom is -0.497 e. The highest BCUT2D eigenvalue weighted by Gasteiger charge is 2.19. The van der Waals surface area contributed by atoms with Crippen LogP contribution in [0.3, 0.4) is 0 Å². The van der Waals surface area contributed by atoms with Crippen molar-refractivity contribution < 1.29 is 38.0 Å². The first-order valence-corrected chi connectivity index (χ1v) is 16.6. The molecule has 0 atom stereocenters. The molecule has 52 heavy (non-hydrogen) atoms. The van der Waals surface area contributed by atoms with Crippen LogP contribution in [0.15, 0.2) is 116 Å². The van der Waals surface area contributed by atoms with E-state index >= 15 is 0 Å². The topological polar surface area (TPSA) is 109 Å². The Morgan fingerprint density at radius 1 is 0.462 bits per heavy atom. The summed E-state index contributed by atoms with van der Waals surface area (Å²) in [6.07, 6.45) is 2.22. The average molecular weight is 706 g/mol. The number of hydrogen-bond donors (Lipinski definition) is 0. The van der Waals surface area contributed by atoms with Crippen LogP contribution in [0.2, 0.25) is 0 Å². The Kier molecular flexibility index (Phi) is 13.3. The largest absolute Gasteiger partial charge is 0.497 e. The van der Waals surface area contributed by atoms with E-state index in [1.807, 2.05) is 97.1 Å². The van der Waals surface area contributed by atoms with E-state index in [1.54, 1.807) is 56.7 Å². The van der Waals surface area contributed by atoms with E-state index in [9.17, 15) is 9.59 Å². The number of rotatable bonds is 16. The van der Waals surface area contributed by atoms with Gasteiger partial charge in [0.05, 0.1) is 28.4 Å². The number of aromatic nitrogens is 1. The van der Waals surface area contributed by atoms with Gasteiger partial charge in [0.15, 0.2) is 0 Å². The van der Waals surface area contributed by atoms with Crippen LogP contribution in [-0.4, -0.2) is 55.4 Å². The Labute approximate surface area is 304 Å². The fourth-order valence-electron chi connectivity index (χ4n) is 5.51. The van der Waals surface area contributed by atoms with Crippen molar-refractivity contribution in [2.24, 2.45) is 0 Å². The lowest BCUT2D eigenvalue weighted by Crippen LogP contribution is -2.31. The second kappa shape index (κ2) is 18.7. The third kappa shape index (κ3) is 10.9. The maximum absolute atomic E-state index is 13.5. The van der Waals surface area contributed by atoms with E-state index in [4.69, 9.17) is 28.4 Å². The van der Waals surface area contributed by atoms with Crippen LogP contribution >= 0.6 is 0 Å². The third-order valence-corrected chi connectivity index (χ3v) is 8.12. The summed E-state index contributed by atoms with van der Waals surface area (Å²) in [7, 11) is 6.41. The van der Waals surface area contributed by atoms with E-state index in [-0.39, 0.29) is 13.2 Å². The van der Waals surface area contributed by atoms with Gasteiger partial charge in [-0.05, 0) is 76.9 Å². The van der Waals surface area contributed by atoms with Crippen LogP contribution < -0.4 is 18.9 Å². The van der Waals surface area contributed by atoms with Gasteiger partial charge < -0.3 is 28.4 Å². The molecule has 11 heteroatoms. The zero-order valence-electron chi connectivity index (χ0n) is 29.8. The molecule has 0 radical (unpaired) electrons. The maximum atomic E-state index is 13.5. The monoisotopic (exact) mass is 705 g/mol. The number of ether oxygens (including phenoxy) is 6. The highest BCUT2D eigenvalue weighted by atomic mass is 16.6. The summed E-state index contributed by atoms with van der Waals surface area (Å²) in [5.41, 5.74) is 4.84. The van der Waals surface area contributed by atoms with Gasteiger partial charge in [0.2, 0.25) is 0 Å². The zero-order chi connectivity index (χ0) is 36.7. The highest BCUT2D eigenvalue weighted by molar-refractivity contribution is 5.68. The number of hydrogen-bond acceptors (Lipinski definition) is 9. The van der Waals surface area contributed by atoms with Gasteiger partial charge in [0.1, 0.15) is 36.2 Å². The van der Waals surface area contributed by atoms with Gasteiger partial charge in [-0.25, -0.2) is 9.59 Å². The summed E-state index contributed by atoms with van der Waals surface area (Å²) >= 11 is 0. The molecule has 11 nitrogen and oxygen atoms in total. The number of amides is 2. The molecule has 5 aromatic rings. The Morgan fingerprint density at radius 2 is 0.769 bits per heavy atom. The molecule has 0 spiro atoms. The molecule has 1 heterocycles. The second-order valence-corrected chi connectivity index (χ2v) is 11.9. The summed E-state index contributed by atoms with van der Waals surface area (Å²) in [6, 6.07) is 32.0. The summed E-state index contributed by atoms with van der Waals surface area (Å²) in [5, 5.41) is 0. The van der Waals surface area contributed by atoms with Crippen molar-refractivity contribution in [3.8, 4) is 23.0 Å². The lowest BCUT2D eigenvalue weighted by atomic mass is 10.1. The number of methoxy groups -OCH3 is 4. The van der Waals surface area contributed by atoms with Gasteiger partial charge in [0.25, 0.3) is 0 Å². The molecule has 0 aliphatic heterocycles. The van der Waals surface area contributed by atoms with Crippen LogP contribution in [-0.2, 0) is 48.9 Å². The lowest BCUT2D eigenvalue weighted by Gasteiger charge is -2.23. The smallest absolute Gasteiger partial charge is 0.410 e. The molecule has 5 rings (SSSR count). The Morgan fingerprint density at radius 3 is 1.06 bits per heavy atom. The molecule has 0 aliphatic carbocycles. The molecule has 4 aromatic carbocycles. The molecule has 1 aromatic heterocycles. The number of benzene rings is 4. The number of nitrogens with zero attached hydrogens (tertiary/aromatic N) is 3. The van der Waals surface area contributed by atoms with Crippen molar-refractivity contribution in [3.05, 3.63) is 149 Å². The van der Waals surface area contributed by atoms with Crippen molar-refractivity contribution in [2.75, 3.05) is 28.4 Å². The summed E-state index contributed by atoms with van der Waals surface area (Å²) in [5.74, 6) is 2.78. The minimum atomic E-state index is -0.506. The van der Waals surface area contributed by atoms with Crippen molar-refractivity contribution in [1.29, 1.82) is 0 Å². The second-order valence-electron chi connectivity index (χ2n) is 11.9. The third-order valence-electron chi connectivity index (χ3n) is 8.12. The fraction of sp³-hybridized carbons (Fsp3) is 0.244. The first-order valence-electron chi connectivity index (χ1n) is 16.6. The average Bonchev–Trinajstić information content (AvgIpc) is 3.19. The summed E-state index contributed by atoms with van der Waals surface area (Å²) in [6.45, 7) is 1.12. The fourth-order valence-corrected chi connectivity index (χ4v) is 5.51. The number of carbonyl (C=O) groups excluding carboxylic acids is 2. The standard InChI is InChI=1S/C41H43N3O8/c1-47-36-13-5-9-30(18-36)24-43(25-31-10-6-14-37(19-31)48-2)40(45)51-28-34-17-35(23-42-22-34)29-52-41(46)44(26-32-11-7-15-38(20-32)49-3)27-33-12-8-16-39(21-33)50-4/h5-23H,24-29H2,1-4H3. The predicted molar refractivity (Wildman–Crippen MR) is 195 cm³/mol. The first kappa shape index (κ1) is 37.0. The molecule has 0 aliphatic rings. The van der Waals surface area contributed by atoms with Gasteiger partial charge in [-0.15, -0.1) is 0 Å². The molecule has 0 saturated carbocycles. The maximum Gasteiger partial charge on any atom is 0.410 e. The van der Waals surface area contributed by atoms with Crippen molar-refractivity contribution in [2.45, 2.75) is 39.4 Å². The Balaban J connectivity index is 1.24. The van der Waals surface area contributed by atoms with Crippen LogP contribution in [0, 0.1) is 0 Å². The highest BCUT2D eigenvalue weighted by Crippen LogP contribution is 2.22. The quantitative estimate of drug-likeness (QED) is 0.102. The van der Waals surface area contributed by atoms with Crippen LogP contribution in [0.1, 0.15) is 33.4 Å². The molecule has 0 bridgehead atoms. The van der Waals surface area contributed by atoms with E-state index in [2.05, 4.69) is 4.98 Å². The van der Waals surface area contributed by atoms with Gasteiger partial charge in [-0.2, -0.15) is 0 Å². The van der Waals surface area contributed by atoms with Crippen LogP contribution in [0.4, 0.5) is 9.59 Å². The number of carbonyl (C=O) groups is 2. The van der Waals surface area contributed by atoms with Crippen molar-refractivity contribution in [1.82, 2.24) is 14.8 Å². The van der Waals surface area contributed by atoms with E-state index in [1.165, 1.54) is 0 Å².